The third-order valence-corrected chi connectivity index (χ3v) is 5.42. The lowest BCUT2D eigenvalue weighted by Crippen LogP contribution is -2.13. The van der Waals surface area contributed by atoms with Crippen molar-refractivity contribution in [1.82, 2.24) is 0 Å². The van der Waals surface area contributed by atoms with Gasteiger partial charge in [0.1, 0.15) is 18.2 Å². The number of non-ortho nitro benzene ring substituents is 1. The molecule has 3 aromatic carbocycles. The maximum atomic E-state index is 12.4. The maximum Gasteiger partial charge on any atom is 0.269 e. The first kappa shape index (κ1) is 24.3. The lowest BCUT2D eigenvalue weighted by molar-refractivity contribution is -0.384. The summed E-state index contributed by atoms with van der Waals surface area (Å²) in [6.07, 6.45) is 1.37. The van der Waals surface area contributed by atoms with Crippen LogP contribution in [0.3, 0.4) is 0 Å². The Morgan fingerprint density at radius 2 is 1.73 bits per heavy atom. The van der Waals surface area contributed by atoms with E-state index in [0.717, 1.165) is 4.47 Å². The molecule has 1 N–H and O–H groups in total. The number of halogens is 3. The Morgan fingerprint density at radius 3 is 2.27 bits per heavy atom. The molecule has 7 nitrogen and oxygen atoms in total. The van der Waals surface area contributed by atoms with Crippen LogP contribution in [0, 0.1) is 21.4 Å². The molecule has 1 amide bonds. The minimum Gasteiger partial charge on any atom is -0.486 e. The molecular formula is C23H14BrCl2N3O4. The summed E-state index contributed by atoms with van der Waals surface area (Å²) in [5.74, 6) is -0.364. The van der Waals surface area contributed by atoms with Gasteiger partial charge in [-0.15, -0.1) is 0 Å². The van der Waals surface area contributed by atoms with E-state index in [2.05, 4.69) is 21.2 Å². The molecule has 0 heterocycles. The molecule has 0 aliphatic carbocycles. The third-order valence-electron chi connectivity index (χ3n) is 4.33. The second-order valence-corrected chi connectivity index (χ2v) is 8.39. The summed E-state index contributed by atoms with van der Waals surface area (Å²) in [7, 11) is 0. The van der Waals surface area contributed by atoms with Gasteiger partial charge in [-0.2, -0.15) is 5.26 Å². The number of nitro benzene ring substituents is 1. The highest BCUT2D eigenvalue weighted by atomic mass is 79.9. The molecule has 0 radical (unpaired) electrons. The molecule has 0 atom stereocenters. The van der Waals surface area contributed by atoms with Gasteiger partial charge in [0, 0.05) is 22.3 Å². The molecule has 0 saturated carbocycles. The second-order valence-electron chi connectivity index (χ2n) is 6.66. The standard InChI is InChI=1S/C23H14BrCl2N3O4/c24-17-3-5-18(6-4-17)28-23(30)16(12-27)9-15-10-20(25)22(21(26)11-15)33-13-14-1-7-19(8-2-14)29(31)32/h1-11H,13H2,(H,28,30)/b16-9-. The fourth-order valence-corrected chi connectivity index (χ4v) is 3.59. The number of carbonyl (C=O) groups is 1. The quantitative estimate of drug-likeness (QED) is 0.152. The van der Waals surface area contributed by atoms with E-state index in [1.165, 1.54) is 30.3 Å². The van der Waals surface area contributed by atoms with Gasteiger partial charge in [0.05, 0.1) is 15.0 Å². The van der Waals surface area contributed by atoms with E-state index < -0.39 is 10.8 Å². The highest BCUT2D eigenvalue weighted by Gasteiger charge is 2.14. The van der Waals surface area contributed by atoms with E-state index in [9.17, 15) is 20.2 Å². The lowest BCUT2D eigenvalue weighted by Gasteiger charge is -2.11. The average Bonchev–Trinajstić information content (AvgIpc) is 2.78. The van der Waals surface area contributed by atoms with E-state index >= 15 is 0 Å². The number of ether oxygens (including phenoxy) is 1. The molecule has 0 bridgehead atoms. The Balaban J connectivity index is 1.74. The van der Waals surface area contributed by atoms with Gasteiger partial charge >= 0.3 is 0 Å². The largest absolute Gasteiger partial charge is 0.486 e. The zero-order valence-electron chi connectivity index (χ0n) is 16.7. The summed E-state index contributed by atoms with van der Waals surface area (Å²) in [6, 6.07) is 17.7. The molecular weight excluding hydrogens is 533 g/mol. The average molecular weight is 547 g/mol. The summed E-state index contributed by atoms with van der Waals surface area (Å²) in [5, 5.41) is 23.2. The fourth-order valence-electron chi connectivity index (χ4n) is 2.72. The number of nitrogens with zero attached hydrogens (tertiary/aromatic N) is 2. The van der Waals surface area contributed by atoms with Crippen LogP contribution in [-0.2, 0) is 11.4 Å². The lowest BCUT2D eigenvalue weighted by atomic mass is 10.1. The zero-order valence-corrected chi connectivity index (χ0v) is 19.8. The molecule has 0 unspecified atom stereocenters. The molecule has 3 rings (SSSR count). The Hall–Kier alpha value is -3.38. The number of hydrogen-bond donors (Lipinski definition) is 1. The molecule has 0 aliphatic heterocycles. The molecule has 3 aromatic rings. The number of nitrogens with one attached hydrogen (secondary N) is 1. The number of anilines is 1. The molecule has 166 valence electrons. The minimum atomic E-state index is -0.578. The maximum absolute atomic E-state index is 12.4. The zero-order chi connectivity index (χ0) is 24.0. The topological polar surface area (TPSA) is 105 Å². The number of rotatable bonds is 7. The van der Waals surface area contributed by atoms with Crippen LogP contribution in [0.5, 0.6) is 5.75 Å². The highest BCUT2D eigenvalue weighted by Crippen LogP contribution is 2.35. The first-order valence-corrected chi connectivity index (χ1v) is 10.9. The number of nitriles is 1. The van der Waals surface area contributed by atoms with Crippen LogP contribution in [-0.4, -0.2) is 10.8 Å². The van der Waals surface area contributed by atoms with Crippen LogP contribution in [0.2, 0.25) is 10.0 Å². The summed E-state index contributed by atoms with van der Waals surface area (Å²) in [5.41, 5.74) is 1.51. The molecule has 0 aliphatic rings. The highest BCUT2D eigenvalue weighted by molar-refractivity contribution is 9.10. The Labute approximate surface area is 207 Å². The third kappa shape index (κ3) is 6.56. The van der Waals surface area contributed by atoms with Crippen molar-refractivity contribution in [3.63, 3.8) is 0 Å². The van der Waals surface area contributed by atoms with Gasteiger partial charge in [0.15, 0.2) is 5.75 Å². The predicted molar refractivity (Wildman–Crippen MR) is 130 cm³/mol. The summed E-state index contributed by atoms with van der Waals surface area (Å²) >= 11 is 15.9. The molecule has 10 heteroatoms. The van der Waals surface area contributed by atoms with E-state index in [4.69, 9.17) is 27.9 Å². The van der Waals surface area contributed by atoms with Gasteiger partial charge < -0.3 is 10.1 Å². The Morgan fingerprint density at radius 1 is 1.12 bits per heavy atom. The van der Waals surface area contributed by atoms with Gasteiger partial charge in [-0.3, -0.25) is 14.9 Å². The van der Waals surface area contributed by atoms with Crippen LogP contribution >= 0.6 is 39.1 Å². The number of benzene rings is 3. The number of nitro groups is 1. The number of carbonyl (C=O) groups excluding carboxylic acids is 1. The molecule has 0 saturated heterocycles. The van der Waals surface area contributed by atoms with E-state index in [1.807, 2.05) is 6.07 Å². The van der Waals surface area contributed by atoms with Gasteiger partial charge in [-0.05, 0) is 65.7 Å². The predicted octanol–water partition coefficient (Wildman–Crippen LogP) is 6.79. The number of hydrogen-bond acceptors (Lipinski definition) is 5. The Bertz CT molecular complexity index is 1250. The van der Waals surface area contributed by atoms with Crippen molar-refractivity contribution in [3.05, 3.63) is 102 Å². The SMILES string of the molecule is N#C/C(=C/c1cc(Cl)c(OCc2ccc([N+](=O)[O-])cc2)c(Cl)c1)C(=O)Nc1ccc(Br)cc1. The monoisotopic (exact) mass is 545 g/mol. The summed E-state index contributed by atoms with van der Waals surface area (Å²) < 4.78 is 6.53. The summed E-state index contributed by atoms with van der Waals surface area (Å²) in [4.78, 5) is 22.7. The molecule has 0 aromatic heterocycles. The van der Waals surface area contributed by atoms with Crippen molar-refractivity contribution in [2.45, 2.75) is 6.61 Å². The van der Waals surface area contributed by atoms with Crippen LogP contribution in [0.25, 0.3) is 6.08 Å². The molecule has 33 heavy (non-hydrogen) atoms. The van der Waals surface area contributed by atoms with Crippen LogP contribution in [0.15, 0.2) is 70.7 Å². The van der Waals surface area contributed by atoms with E-state index in [-0.39, 0.29) is 33.7 Å². The smallest absolute Gasteiger partial charge is 0.269 e. The second kappa shape index (κ2) is 11.0. The van der Waals surface area contributed by atoms with Crippen LogP contribution in [0.1, 0.15) is 11.1 Å². The van der Waals surface area contributed by atoms with Crippen LogP contribution in [0.4, 0.5) is 11.4 Å². The van der Waals surface area contributed by atoms with Crippen molar-refractivity contribution in [3.8, 4) is 11.8 Å². The van der Waals surface area contributed by atoms with Gasteiger partial charge in [-0.25, -0.2) is 0 Å². The van der Waals surface area contributed by atoms with Crippen molar-refractivity contribution < 1.29 is 14.5 Å². The molecule has 0 spiro atoms. The summed E-state index contributed by atoms with van der Waals surface area (Å²) in [6.45, 7) is 0.0890. The van der Waals surface area contributed by atoms with Crippen molar-refractivity contribution in [2.75, 3.05) is 5.32 Å². The van der Waals surface area contributed by atoms with E-state index in [1.54, 1.807) is 36.4 Å². The van der Waals surface area contributed by atoms with E-state index in [0.29, 0.717) is 16.8 Å². The fraction of sp³-hybridized carbons (Fsp3) is 0.0435. The van der Waals surface area contributed by atoms with Gasteiger partial charge in [-0.1, -0.05) is 39.1 Å². The van der Waals surface area contributed by atoms with Crippen molar-refractivity contribution in [1.29, 1.82) is 5.26 Å². The number of amides is 1. The minimum absolute atomic E-state index is 0.0246. The normalized spacial score (nSPS) is 10.9. The van der Waals surface area contributed by atoms with Gasteiger partial charge in [0.2, 0.25) is 0 Å². The first-order valence-electron chi connectivity index (χ1n) is 9.30. The Kier molecular flexibility index (Phi) is 8.06. The first-order chi connectivity index (χ1) is 15.8. The van der Waals surface area contributed by atoms with Gasteiger partial charge in [0.25, 0.3) is 11.6 Å². The van der Waals surface area contributed by atoms with Crippen molar-refractivity contribution >= 4 is 62.5 Å². The van der Waals surface area contributed by atoms with Crippen LogP contribution < -0.4 is 10.1 Å². The molecule has 0 fully saturated rings. The van der Waals surface area contributed by atoms with Crippen molar-refractivity contribution in [2.24, 2.45) is 0 Å².